The highest BCUT2D eigenvalue weighted by atomic mass is 16.5. The molecular formula is C12H20N4O. The normalized spacial score (nSPS) is 19.6. The Bertz CT molecular complexity index is 383. The number of nitrogens with two attached hydrogens (primary N) is 1. The molecule has 0 amide bonds. The van der Waals surface area contributed by atoms with Crippen molar-refractivity contribution in [3.05, 3.63) is 6.33 Å². The molecule has 0 aliphatic carbocycles. The van der Waals surface area contributed by atoms with E-state index >= 15 is 0 Å². The molecule has 1 unspecified atom stereocenters. The van der Waals surface area contributed by atoms with Gasteiger partial charge in [-0.05, 0) is 19.3 Å². The molecule has 0 spiro atoms. The van der Waals surface area contributed by atoms with E-state index in [9.17, 15) is 0 Å². The van der Waals surface area contributed by atoms with Crippen LogP contribution in [0, 0.1) is 5.92 Å². The van der Waals surface area contributed by atoms with Crippen LogP contribution < -0.4 is 15.4 Å². The van der Waals surface area contributed by atoms with Crippen molar-refractivity contribution in [3.63, 3.8) is 0 Å². The van der Waals surface area contributed by atoms with Gasteiger partial charge in [0.25, 0.3) is 0 Å². The van der Waals surface area contributed by atoms with Gasteiger partial charge in [0.15, 0.2) is 5.82 Å². The zero-order valence-corrected chi connectivity index (χ0v) is 10.5. The van der Waals surface area contributed by atoms with Crippen LogP contribution in [-0.2, 0) is 0 Å². The van der Waals surface area contributed by atoms with Crippen molar-refractivity contribution < 1.29 is 4.74 Å². The molecule has 0 bridgehead atoms. The van der Waals surface area contributed by atoms with Crippen molar-refractivity contribution in [2.24, 2.45) is 5.92 Å². The molecule has 2 rings (SSSR count). The van der Waals surface area contributed by atoms with E-state index in [1.165, 1.54) is 19.2 Å². The highest BCUT2D eigenvalue weighted by molar-refractivity contribution is 5.68. The summed E-state index contributed by atoms with van der Waals surface area (Å²) in [5.41, 5.74) is 6.61. The number of ether oxygens (including phenoxy) is 1. The highest BCUT2D eigenvalue weighted by Gasteiger charge is 2.24. The van der Waals surface area contributed by atoms with Gasteiger partial charge >= 0.3 is 0 Å². The lowest BCUT2D eigenvalue weighted by atomic mass is 10.1. The lowest BCUT2D eigenvalue weighted by Crippen LogP contribution is -2.22. The number of aromatic nitrogens is 2. The van der Waals surface area contributed by atoms with Gasteiger partial charge in [0.2, 0.25) is 5.88 Å². The predicted molar refractivity (Wildman–Crippen MR) is 68.2 cm³/mol. The van der Waals surface area contributed by atoms with E-state index in [0.29, 0.717) is 18.2 Å². The Kier molecular flexibility index (Phi) is 3.66. The molecule has 94 valence electrons. The van der Waals surface area contributed by atoms with Crippen molar-refractivity contribution in [3.8, 4) is 5.88 Å². The van der Waals surface area contributed by atoms with E-state index in [1.807, 2.05) is 6.92 Å². The molecule has 17 heavy (non-hydrogen) atoms. The molecule has 2 heterocycles. The zero-order valence-electron chi connectivity index (χ0n) is 10.5. The number of hydrogen-bond donors (Lipinski definition) is 1. The maximum absolute atomic E-state index is 6.04. The van der Waals surface area contributed by atoms with Gasteiger partial charge in [0.05, 0.1) is 6.61 Å². The van der Waals surface area contributed by atoms with Crippen molar-refractivity contribution in [1.82, 2.24) is 9.97 Å². The molecule has 2 N–H and O–H groups in total. The van der Waals surface area contributed by atoms with Crippen LogP contribution in [0.15, 0.2) is 6.33 Å². The summed E-state index contributed by atoms with van der Waals surface area (Å²) in [6.45, 7) is 6.76. The third kappa shape index (κ3) is 2.43. The standard InChI is InChI=1S/C12H20N4O/c1-3-9-5-6-16(7-9)11-10(13)12(17-4-2)15-8-14-11/h8-9H,3-7,13H2,1-2H3. The largest absolute Gasteiger partial charge is 0.476 e. The van der Waals surface area contributed by atoms with Gasteiger partial charge in [-0.1, -0.05) is 13.3 Å². The second kappa shape index (κ2) is 5.21. The summed E-state index contributed by atoms with van der Waals surface area (Å²) >= 11 is 0. The molecule has 1 aliphatic heterocycles. The molecule has 1 atom stereocenters. The van der Waals surface area contributed by atoms with Gasteiger partial charge < -0.3 is 15.4 Å². The summed E-state index contributed by atoms with van der Waals surface area (Å²) in [5.74, 6) is 2.07. The quantitative estimate of drug-likeness (QED) is 0.862. The van der Waals surface area contributed by atoms with Crippen molar-refractivity contribution >= 4 is 11.5 Å². The average molecular weight is 236 g/mol. The van der Waals surface area contributed by atoms with Gasteiger partial charge in [0.1, 0.15) is 12.0 Å². The van der Waals surface area contributed by atoms with Crippen LogP contribution in [-0.4, -0.2) is 29.7 Å². The summed E-state index contributed by atoms with van der Waals surface area (Å²) in [7, 11) is 0. The first-order chi connectivity index (χ1) is 8.26. The molecule has 0 radical (unpaired) electrons. The maximum atomic E-state index is 6.04. The third-order valence-corrected chi connectivity index (χ3v) is 3.27. The lowest BCUT2D eigenvalue weighted by Gasteiger charge is -2.19. The van der Waals surface area contributed by atoms with Crippen molar-refractivity contribution in [1.29, 1.82) is 0 Å². The number of rotatable bonds is 4. The summed E-state index contributed by atoms with van der Waals surface area (Å²) in [4.78, 5) is 10.6. The first-order valence-corrected chi connectivity index (χ1v) is 6.24. The Balaban J connectivity index is 2.18. The molecule has 1 fully saturated rings. The lowest BCUT2D eigenvalue weighted by molar-refractivity contribution is 0.328. The van der Waals surface area contributed by atoms with Crippen LogP contribution in [0.4, 0.5) is 11.5 Å². The monoisotopic (exact) mass is 236 g/mol. The Morgan fingerprint density at radius 1 is 1.47 bits per heavy atom. The first-order valence-electron chi connectivity index (χ1n) is 6.24. The number of anilines is 2. The molecule has 1 aromatic rings. The summed E-state index contributed by atoms with van der Waals surface area (Å²) < 4.78 is 5.39. The smallest absolute Gasteiger partial charge is 0.242 e. The van der Waals surface area contributed by atoms with Crippen LogP contribution in [0.5, 0.6) is 5.88 Å². The van der Waals surface area contributed by atoms with Crippen LogP contribution >= 0.6 is 0 Å². The Hall–Kier alpha value is -1.52. The molecule has 0 aromatic carbocycles. The van der Waals surface area contributed by atoms with Gasteiger partial charge in [-0.2, -0.15) is 4.98 Å². The molecular weight excluding hydrogens is 216 g/mol. The molecule has 5 heteroatoms. The number of hydrogen-bond acceptors (Lipinski definition) is 5. The fourth-order valence-corrected chi connectivity index (χ4v) is 2.23. The average Bonchev–Trinajstić information content (AvgIpc) is 2.80. The number of nitrogen functional groups attached to an aromatic ring is 1. The summed E-state index contributed by atoms with van der Waals surface area (Å²) in [6.07, 6.45) is 3.94. The maximum Gasteiger partial charge on any atom is 0.242 e. The van der Waals surface area contributed by atoms with E-state index in [1.54, 1.807) is 0 Å². The minimum Gasteiger partial charge on any atom is -0.476 e. The van der Waals surface area contributed by atoms with E-state index < -0.39 is 0 Å². The zero-order chi connectivity index (χ0) is 12.3. The minimum absolute atomic E-state index is 0.498. The fourth-order valence-electron chi connectivity index (χ4n) is 2.23. The van der Waals surface area contributed by atoms with Gasteiger partial charge in [-0.3, -0.25) is 0 Å². The van der Waals surface area contributed by atoms with Crippen LogP contribution in [0.2, 0.25) is 0 Å². The van der Waals surface area contributed by atoms with E-state index in [4.69, 9.17) is 10.5 Å². The van der Waals surface area contributed by atoms with E-state index in [-0.39, 0.29) is 0 Å². The van der Waals surface area contributed by atoms with Crippen LogP contribution in [0.1, 0.15) is 26.7 Å². The van der Waals surface area contributed by atoms with Gasteiger partial charge in [-0.15, -0.1) is 0 Å². The molecule has 0 saturated carbocycles. The van der Waals surface area contributed by atoms with Crippen LogP contribution in [0.3, 0.4) is 0 Å². The predicted octanol–water partition coefficient (Wildman–Crippen LogP) is 1.69. The highest BCUT2D eigenvalue weighted by Crippen LogP contribution is 2.32. The second-order valence-electron chi connectivity index (χ2n) is 4.36. The summed E-state index contributed by atoms with van der Waals surface area (Å²) in [5, 5.41) is 0. The Morgan fingerprint density at radius 2 is 2.29 bits per heavy atom. The summed E-state index contributed by atoms with van der Waals surface area (Å²) in [6, 6.07) is 0. The SMILES string of the molecule is CCOc1ncnc(N2CCC(CC)C2)c1N. The third-order valence-electron chi connectivity index (χ3n) is 3.27. The Labute approximate surface area is 102 Å². The Morgan fingerprint density at radius 3 is 2.94 bits per heavy atom. The topological polar surface area (TPSA) is 64.3 Å². The second-order valence-corrected chi connectivity index (χ2v) is 4.36. The molecule has 1 aromatic heterocycles. The molecule has 1 saturated heterocycles. The minimum atomic E-state index is 0.498. The fraction of sp³-hybridized carbons (Fsp3) is 0.667. The number of nitrogens with zero attached hydrogens (tertiary/aromatic N) is 3. The molecule has 1 aliphatic rings. The van der Waals surface area contributed by atoms with Crippen molar-refractivity contribution in [2.75, 3.05) is 30.3 Å². The van der Waals surface area contributed by atoms with Crippen LogP contribution in [0.25, 0.3) is 0 Å². The first kappa shape index (κ1) is 12.0. The van der Waals surface area contributed by atoms with Gasteiger partial charge in [0, 0.05) is 13.1 Å². The van der Waals surface area contributed by atoms with Gasteiger partial charge in [-0.25, -0.2) is 4.98 Å². The van der Waals surface area contributed by atoms with E-state index in [2.05, 4.69) is 21.8 Å². The van der Waals surface area contributed by atoms with E-state index in [0.717, 1.165) is 24.8 Å². The van der Waals surface area contributed by atoms with Crippen molar-refractivity contribution in [2.45, 2.75) is 26.7 Å². The molecule has 5 nitrogen and oxygen atoms in total.